The average Bonchev–Trinajstić information content (AvgIpc) is 2.46. The normalized spacial score (nSPS) is 11.6. The molecule has 2 rings (SSSR count). The number of sulfonamides is 1. The van der Waals surface area contributed by atoms with Crippen LogP contribution in [0.2, 0.25) is 0 Å². The molecule has 1 aromatic carbocycles. The molecular weight excluding hydrogens is 288 g/mol. The van der Waals surface area contributed by atoms with Crippen LogP contribution in [0.1, 0.15) is 19.4 Å². The van der Waals surface area contributed by atoms with E-state index in [9.17, 15) is 8.42 Å². The summed E-state index contributed by atoms with van der Waals surface area (Å²) in [5, 5.41) is 3.25. The Morgan fingerprint density at radius 3 is 2.52 bits per heavy atom. The lowest BCUT2D eigenvalue weighted by atomic mass is 10.2. The summed E-state index contributed by atoms with van der Waals surface area (Å²) in [7, 11) is -3.68. The van der Waals surface area contributed by atoms with Crippen LogP contribution in [0.15, 0.2) is 47.6 Å². The van der Waals surface area contributed by atoms with Gasteiger partial charge < -0.3 is 5.32 Å². The molecule has 0 bridgehead atoms. The Morgan fingerprint density at radius 2 is 1.86 bits per heavy atom. The number of hydrogen-bond acceptors (Lipinski definition) is 5. The summed E-state index contributed by atoms with van der Waals surface area (Å²) in [6.07, 6.45) is 2.96. The average molecular weight is 306 g/mol. The number of benzene rings is 1. The lowest BCUT2D eigenvalue weighted by Crippen LogP contribution is -2.22. The predicted molar refractivity (Wildman–Crippen MR) is 81.3 cm³/mol. The number of nitrogens with zero attached hydrogens (tertiary/aromatic N) is 2. The van der Waals surface area contributed by atoms with Gasteiger partial charge in [-0.1, -0.05) is 26.0 Å². The van der Waals surface area contributed by atoms with Gasteiger partial charge in [0.15, 0.2) is 0 Å². The molecule has 21 heavy (non-hydrogen) atoms. The zero-order valence-corrected chi connectivity index (χ0v) is 12.8. The molecule has 0 saturated heterocycles. The van der Waals surface area contributed by atoms with Crippen molar-refractivity contribution in [2.45, 2.75) is 31.3 Å². The van der Waals surface area contributed by atoms with Crippen molar-refractivity contribution < 1.29 is 8.42 Å². The molecule has 0 amide bonds. The maximum absolute atomic E-state index is 12.3. The van der Waals surface area contributed by atoms with Gasteiger partial charge in [-0.2, -0.15) is 0 Å². The molecule has 0 saturated carbocycles. The molecule has 1 aromatic heterocycles. The van der Waals surface area contributed by atoms with Gasteiger partial charge in [-0.15, -0.1) is 0 Å². The first kappa shape index (κ1) is 15.4. The summed E-state index contributed by atoms with van der Waals surface area (Å²) >= 11 is 0. The van der Waals surface area contributed by atoms with Gasteiger partial charge in [0, 0.05) is 25.0 Å². The van der Waals surface area contributed by atoms with Crippen LogP contribution >= 0.6 is 0 Å². The summed E-state index contributed by atoms with van der Waals surface area (Å²) in [4.78, 5) is 7.91. The van der Waals surface area contributed by atoms with Crippen LogP contribution in [-0.2, 0) is 16.6 Å². The highest BCUT2D eigenvalue weighted by Gasteiger charge is 2.15. The standard InChI is InChI=1S/C14H18N4O2S/c1-11(2)17-10-12-5-3-6-13(9-12)21(19,20)18-14-15-7-4-8-16-14/h3-9,11,17H,10H2,1-2H3,(H,15,16,18). The summed E-state index contributed by atoms with van der Waals surface area (Å²) < 4.78 is 26.9. The van der Waals surface area contributed by atoms with Crippen LogP contribution in [0.4, 0.5) is 5.95 Å². The van der Waals surface area contributed by atoms with Gasteiger partial charge in [-0.05, 0) is 23.8 Å². The van der Waals surface area contributed by atoms with Gasteiger partial charge in [-0.25, -0.2) is 23.1 Å². The molecule has 0 aliphatic carbocycles. The topological polar surface area (TPSA) is 84.0 Å². The molecule has 1 heterocycles. The minimum Gasteiger partial charge on any atom is -0.310 e. The van der Waals surface area contributed by atoms with E-state index in [4.69, 9.17) is 0 Å². The Balaban J connectivity index is 2.18. The number of anilines is 1. The second kappa shape index (κ2) is 6.64. The minimum atomic E-state index is -3.68. The van der Waals surface area contributed by atoms with Gasteiger partial charge in [0.05, 0.1) is 4.90 Å². The summed E-state index contributed by atoms with van der Waals surface area (Å²) in [6.45, 7) is 4.69. The molecule has 0 unspecified atom stereocenters. The summed E-state index contributed by atoms with van der Waals surface area (Å²) in [5.41, 5.74) is 0.903. The van der Waals surface area contributed by atoms with Gasteiger partial charge in [0.2, 0.25) is 5.95 Å². The van der Waals surface area contributed by atoms with Crippen LogP contribution in [0, 0.1) is 0 Å². The van der Waals surface area contributed by atoms with E-state index in [0.717, 1.165) is 5.56 Å². The van der Waals surface area contributed by atoms with Gasteiger partial charge in [0.1, 0.15) is 0 Å². The SMILES string of the molecule is CC(C)NCc1cccc(S(=O)(=O)Nc2ncccn2)c1. The van der Waals surface area contributed by atoms with Gasteiger partial charge in [-0.3, -0.25) is 0 Å². The molecule has 0 fully saturated rings. The molecule has 2 aromatic rings. The van der Waals surface area contributed by atoms with E-state index in [1.54, 1.807) is 24.3 Å². The molecule has 7 heteroatoms. The van der Waals surface area contributed by atoms with Crippen molar-refractivity contribution in [3.63, 3.8) is 0 Å². The number of aromatic nitrogens is 2. The fraction of sp³-hybridized carbons (Fsp3) is 0.286. The molecule has 0 radical (unpaired) electrons. The highest BCUT2D eigenvalue weighted by Crippen LogP contribution is 2.14. The highest BCUT2D eigenvalue weighted by atomic mass is 32.2. The van der Waals surface area contributed by atoms with Gasteiger partial charge >= 0.3 is 0 Å². The first-order valence-electron chi connectivity index (χ1n) is 6.59. The molecule has 0 atom stereocenters. The Bertz CT molecular complexity index is 687. The summed E-state index contributed by atoms with van der Waals surface area (Å²) in [6, 6.07) is 8.74. The van der Waals surface area contributed by atoms with Crippen LogP contribution in [0.3, 0.4) is 0 Å². The van der Waals surface area contributed by atoms with E-state index in [1.165, 1.54) is 12.4 Å². The monoisotopic (exact) mass is 306 g/mol. The Kier molecular flexibility index (Phi) is 4.87. The number of hydrogen-bond donors (Lipinski definition) is 2. The van der Waals surface area contributed by atoms with Crippen molar-refractivity contribution >= 4 is 16.0 Å². The minimum absolute atomic E-state index is 0.0585. The fourth-order valence-electron chi connectivity index (χ4n) is 1.68. The molecule has 0 aliphatic heterocycles. The van der Waals surface area contributed by atoms with Gasteiger partial charge in [0.25, 0.3) is 10.0 Å². The fourth-order valence-corrected chi connectivity index (χ4v) is 2.70. The molecule has 112 valence electrons. The first-order chi connectivity index (χ1) is 9.97. The zero-order chi connectivity index (χ0) is 15.3. The highest BCUT2D eigenvalue weighted by molar-refractivity contribution is 7.92. The van der Waals surface area contributed by atoms with Crippen LogP contribution < -0.4 is 10.0 Å². The van der Waals surface area contributed by atoms with E-state index >= 15 is 0 Å². The van der Waals surface area contributed by atoms with Crippen LogP contribution in [0.5, 0.6) is 0 Å². The maximum Gasteiger partial charge on any atom is 0.264 e. The number of nitrogens with one attached hydrogen (secondary N) is 2. The second-order valence-corrected chi connectivity index (χ2v) is 6.54. The van der Waals surface area contributed by atoms with Crippen molar-refractivity contribution in [1.29, 1.82) is 0 Å². The Hall–Kier alpha value is -1.99. The summed E-state index contributed by atoms with van der Waals surface area (Å²) in [5.74, 6) is 0.0585. The molecular formula is C14H18N4O2S. The Morgan fingerprint density at radius 1 is 1.14 bits per heavy atom. The van der Waals surface area contributed by atoms with E-state index < -0.39 is 10.0 Å². The van der Waals surface area contributed by atoms with Crippen molar-refractivity contribution in [2.75, 3.05) is 4.72 Å². The Labute approximate surface area is 124 Å². The van der Waals surface area contributed by atoms with E-state index in [2.05, 4.69) is 20.0 Å². The van der Waals surface area contributed by atoms with Crippen LogP contribution in [0.25, 0.3) is 0 Å². The predicted octanol–water partition coefficient (Wildman–Crippen LogP) is 1.78. The molecule has 0 aliphatic rings. The van der Waals surface area contributed by atoms with Crippen molar-refractivity contribution in [3.8, 4) is 0 Å². The largest absolute Gasteiger partial charge is 0.310 e. The van der Waals surface area contributed by atoms with Crippen molar-refractivity contribution in [2.24, 2.45) is 0 Å². The maximum atomic E-state index is 12.3. The first-order valence-corrected chi connectivity index (χ1v) is 8.08. The van der Waals surface area contributed by atoms with E-state index in [-0.39, 0.29) is 10.8 Å². The lowest BCUT2D eigenvalue weighted by Gasteiger charge is -2.10. The number of rotatable bonds is 6. The van der Waals surface area contributed by atoms with Crippen molar-refractivity contribution in [3.05, 3.63) is 48.3 Å². The molecule has 6 nitrogen and oxygen atoms in total. The second-order valence-electron chi connectivity index (χ2n) is 4.86. The quantitative estimate of drug-likeness (QED) is 0.850. The van der Waals surface area contributed by atoms with Crippen molar-refractivity contribution in [1.82, 2.24) is 15.3 Å². The third-order valence-electron chi connectivity index (χ3n) is 2.71. The molecule has 0 spiro atoms. The van der Waals surface area contributed by atoms with Crippen LogP contribution in [-0.4, -0.2) is 24.4 Å². The van der Waals surface area contributed by atoms with E-state index in [1.807, 2.05) is 19.9 Å². The lowest BCUT2D eigenvalue weighted by molar-refractivity contribution is 0.587. The third-order valence-corrected chi connectivity index (χ3v) is 4.04. The molecule has 2 N–H and O–H groups in total. The van der Waals surface area contributed by atoms with E-state index in [0.29, 0.717) is 12.6 Å². The zero-order valence-electron chi connectivity index (χ0n) is 11.9. The third kappa shape index (κ3) is 4.51. The smallest absolute Gasteiger partial charge is 0.264 e.